The number of likely N-dealkylation sites (tertiary alicyclic amines) is 1. The number of rotatable bonds is 1. The van der Waals surface area contributed by atoms with Gasteiger partial charge in [-0.1, -0.05) is 18.2 Å². The molecule has 2 aliphatic heterocycles. The van der Waals surface area contributed by atoms with Crippen molar-refractivity contribution in [1.29, 1.82) is 0 Å². The molecular weight excluding hydrogens is 320 g/mol. The molecule has 1 saturated heterocycles. The molecule has 0 aromatic heterocycles. The van der Waals surface area contributed by atoms with E-state index >= 15 is 0 Å². The highest BCUT2D eigenvalue weighted by Crippen LogP contribution is 2.41. The van der Waals surface area contributed by atoms with Gasteiger partial charge in [0.15, 0.2) is 0 Å². The number of hydrogen-bond donors (Lipinski definition) is 2. The molecule has 6 heteroatoms. The first-order valence-corrected chi connectivity index (χ1v) is 8.82. The van der Waals surface area contributed by atoms with Crippen molar-refractivity contribution in [2.45, 2.75) is 45.3 Å². The summed E-state index contributed by atoms with van der Waals surface area (Å²) in [5.74, 6) is -0.570. The van der Waals surface area contributed by atoms with Crippen LogP contribution in [0, 0.1) is 11.8 Å². The van der Waals surface area contributed by atoms with E-state index in [9.17, 15) is 14.7 Å². The fourth-order valence-corrected chi connectivity index (χ4v) is 3.66. The Bertz CT molecular complexity index is 660. The number of aliphatic hydroxyl groups is 1. The average molecular weight is 346 g/mol. The molecule has 1 fully saturated rings. The third-order valence-electron chi connectivity index (χ3n) is 4.88. The lowest BCUT2D eigenvalue weighted by Gasteiger charge is -2.39. The van der Waals surface area contributed by atoms with Crippen molar-refractivity contribution in [3.8, 4) is 0 Å². The molecule has 6 nitrogen and oxygen atoms in total. The van der Waals surface area contributed by atoms with Crippen LogP contribution in [-0.4, -0.2) is 40.7 Å². The maximum absolute atomic E-state index is 12.5. The zero-order valence-electron chi connectivity index (χ0n) is 15.0. The number of fused-ring (bicyclic) bond motifs is 1. The van der Waals surface area contributed by atoms with Gasteiger partial charge in [-0.05, 0) is 45.6 Å². The molecule has 2 aliphatic rings. The zero-order chi connectivity index (χ0) is 18.2. The van der Waals surface area contributed by atoms with Crippen LogP contribution in [0.1, 0.15) is 45.3 Å². The summed E-state index contributed by atoms with van der Waals surface area (Å²) in [6, 6.07) is 7.35. The minimum Gasteiger partial charge on any atom is -0.444 e. The Balaban J connectivity index is 1.65. The summed E-state index contributed by atoms with van der Waals surface area (Å²) in [6.07, 6.45) is 0.237. The number of nitrogens with one attached hydrogen (secondary N) is 1. The lowest BCUT2D eigenvalue weighted by molar-refractivity contribution is -0.127. The Labute approximate surface area is 148 Å². The molecule has 1 aromatic rings. The van der Waals surface area contributed by atoms with Crippen LogP contribution >= 0.6 is 0 Å². The van der Waals surface area contributed by atoms with Gasteiger partial charge in [0.1, 0.15) is 5.60 Å². The molecular formula is C19H26N2O4. The number of para-hydroxylation sites is 1. The number of benzene rings is 1. The van der Waals surface area contributed by atoms with Crippen LogP contribution in [0.3, 0.4) is 0 Å². The van der Waals surface area contributed by atoms with E-state index in [1.165, 1.54) is 0 Å². The van der Waals surface area contributed by atoms with Gasteiger partial charge in [0.05, 0.1) is 12.0 Å². The fourth-order valence-electron chi connectivity index (χ4n) is 3.66. The predicted molar refractivity (Wildman–Crippen MR) is 94.1 cm³/mol. The monoisotopic (exact) mass is 346 g/mol. The minimum atomic E-state index is -0.803. The molecule has 136 valence electrons. The summed E-state index contributed by atoms with van der Waals surface area (Å²) in [4.78, 5) is 26.3. The zero-order valence-corrected chi connectivity index (χ0v) is 15.0. The van der Waals surface area contributed by atoms with Gasteiger partial charge < -0.3 is 20.1 Å². The maximum Gasteiger partial charge on any atom is 0.410 e. The summed E-state index contributed by atoms with van der Waals surface area (Å²) in [5, 5.41) is 13.6. The quantitative estimate of drug-likeness (QED) is 0.819. The van der Waals surface area contributed by atoms with Crippen molar-refractivity contribution in [1.82, 2.24) is 4.90 Å². The number of piperidine rings is 1. The molecule has 1 aromatic carbocycles. The average Bonchev–Trinajstić information content (AvgIpc) is 2.54. The van der Waals surface area contributed by atoms with Crippen LogP contribution < -0.4 is 5.32 Å². The topological polar surface area (TPSA) is 78.9 Å². The van der Waals surface area contributed by atoms with E-state index in [1.54, 1.807) is 11.0 Å². The summed E-state index contributed by atoms with van der Waals surface area (Å²) < 4.78 is 5.40. The molecule has 3 rings (SSSR count). The first kappa shape index (κ1) is 17.7. The Morgan fingerprint density at radius 2 is 1.88 bits per heavy atom. The van der Waals surface area contributed by atoms with E-state index in [-0.39, 0.29) is 17.9 Å². The van der Waals surface area contributed by atoms with E-state index in [0.29, 0.717) is 31.6 Å². The van der Waals surface area contributed by atoms with E-state index in [1.807, 2.05) is 39.0 Å². The number of carbonyl (C=O) groups excluding carboxylic acids is 2. The second-order valence-electron chi connectivity index (χ2n) is 7.85. The third kappa shape index (κ3) is 3.79. The minimum absolute atomic E-state index is 0.0436. The fraction of sp³-hybridized carbons (Fsp3) is 0.579. The number of anilines is 1. The first-order chi connectivity index (χ1) is 11.8. The van der Waals surface area contributed by atoms with Crippen molar-refractivity contribution in [2.24, 2.45) is 11.8 Å². The summed E-state index contributed by atoms with van der Waals surface area (Å²) in [6.45, 7) is 6.61. The van der Waals surface area contributed by atoms with Gasteiger partial charge in [-0.25, -0.2) is 4.79 Å². The number of aliphatic hydroxyl groups excluding tert-OH is 1. The molecule has 25 heavy (non-hydrogen) atoms. The van der Waals surface area contributed by atoms with Crippen LogP contribution in [0.4, 0.5) is 10.5 Å². The molecule has 0 aliphatic carbocycles. The van der Waals surface area contributed by atoms with E-state index in [0.717, 1.165) is 5.56 Å². The largest absolute Gasteiger partial charge is 0.444 e. The van der Waals surface area contributed by atoms with E-state index in [2.05, 4.69) is 5.32 Å². The van der Waals surface area contributed by atoms with Crippen molar-refractivity contribution in [2.75, 3.05) is 18.4 Å². The van der Waals surface area contributed by atoms with Gasteiger partial charge >= 0.3 is 6.09 Å². The van der Waals surface area contributed by atoms with Crippen molar-refractivity contribution >= 4 is 17.7 Å². The second kappa shape index (κ2) is 6.67. The molecule has 0 saturated carbocycles. The van der Waals surface area contributed by atoms with Gasteiger partial charge in [-0.15, -0.1) is 0 Å². The first-order valence-electron chi connectivity index (χ1n) is 8.82. The van der Waals surface area contributed by atoms with Crippen LogP contribution in [-0.2, 0) is 9.53 Å². The van der Waals surface area contributed by atoms with Gasteiger partial charge in [-0.3, -0.25) is 4.79 Å². The summed E-state index contributed by atoms with van der Waals surface area (Å²) in [7, 11) is 0. The van der Waals surface area contributed by atoms with Crippen molar-refractivity contribution in [3.05, 3.63) is 29.8 Å². The molecule has 0 radical (unpaired) electrons. The SMILES string of the molecule is CC(C)(C)OC(=O)N1CCC([C@H]2C(=O)Nc3ccccc3[C@H]2O)CC1. The highest BCUT2D eigenvalue weighted by molar-refractivity contribution is 5.96. The van der Waals surface area contributed by atoms with Crippen LogP contribution in [0.15, 0.2) is 24.3 Å². The number of amides is 2. The molecule has 2 N–H and O–H groups in total. The number of nitrogens with zero attached hydrogens (tertiary/aromatic N) is 1. The van der Waals surface area contributed by atoms with Crippen LogP contribution in [0.2, 0.25) is 0 Å². The second-order valence-corrected chi connectivity index (χ2v) is 7.85. The smallest absolute Gasteiger partial charge is 0.410 e. The molecule has 2 amide bonds. The number of ether oxygens (including phenoxy) is 1. The van der Waals surface area contributed by atoms with Crippen LogP contribution in [0.5, 0.6) is 0 Å². The molecule has 2 atom stereocenters. The van der Waals surface area contributed by atoms with Gasteiger partial charge in [0, 0.05) is 24.3 Å². The highest BCUT2D eigenvalue weighted by Gasteiger charge is 2.41. The van der Waals surface area contributed by atoms with Gasteiger partial charge in [0.25, 0.3) is 0 Å². The van der Waals surface area contributed by atoms with Crippen LogP contribution in [0.25, 0.3) is 0 Å². The highest BCUT2D eigenvalue weighted by atomic mass is 16.6. The molecule has 0 unspecified atom stereocenters. The maximum atomic E-state index is 12.5. The van der Waals surface area contributed by atoms with Crippen molar-refractivity contribution in [3.63, 3.8) is 0 Å². The van der Waals surface area contributed by atoms with Gasteiger partial charge in [-0.2, -0.15) is 0 Å². The third-order valence-corrected chi connectivity index (χ3v) is 4.88. The van der Waals surface area contributed by atoms with Crippen molar-refractivity contribution < 1.29 is 19.4 Å². The summed E-state index contributed by atoms with van der Waals surface area (Å²) in [5.41, 5.74) is 0.931. The number of carbonyl (C=O) groups is 2. The standard InChI is InChI=1S/C19H26N2O4/c1-19(2,3)25-18(24)21-10-8-12(9-11-21)15-16(22)13-6-4-5-7-14(13)20-17(15)23/h4-7,12,15-16,22H,8-11H2,1-3H3,(H,20,23)/t15-,16-/m1/s1. The van der Waals surface area contributed by atoms with E-state index in [4.69, 9.17) is 4.74 Å². The Hall–Kier alpha value is -2.08. The van der Waals surface area contributed by atoms with E-state index < -0.39 is 17.6 Å². The molecule has 0 spiro atoms. The Kier molecular flexibility index (Phi) is 4.73. The lowest BCUT2D eigenvalue weighted by Crippen LogP contribution is -2.46. The lowest BCUT2D eigenvalue weighted by atomic mass is 9.76. The predicted octanol–water partition coefficient (Wildman–Crippen LogP) is 2.94. The Morgan fingerprint density at radius 3 is 2.52 bits per heavy atom. The molecule has 0 bridgehead atoms. The number of hydrogen-bond acceptors (Lipinski definition) is 4. The summed E-state index contributed by atoms with van der Waals surface area (Å²) >= 11 is 0. The normalized spacial score (nSPS) is 24.5. The molecule has 2 heterocycles. The Morgan fingerprint density at radius 1 is 1.24 bits per heavy atom. The van der Waals surface area contributed by atoms with Gasteiger partial charge in [0.2, 0.25) is 5.91 Å².